The van der Waals surface area contributed by atoms with Gasteiger partial charge in [-0.15, -0.1) is 0 Å². The van der Waals surface area contributed by atoms with E-state index in [2.05, 4.69) is 0 Å². The molecule has 0 amide bonds. The van der Waals surface area contributed by atoms with Crippen molar-refractivity contribution in [3.05, 3.63) is 47.9 Å². The first-order valence-corrected chi connectivity index (χ1v) is 4.72. The molecule has 1 aromatic carbocycles. The monoisotopic (exact) mass is 205 g/mol. The van der Waals surface area contributed by atoms with Crippen LogP contribution in [0.3, 0.4) is 0 Å². The SMILES string of the molecule is CN(C)/C=C(\C=O)OCc1ccccc1. The van der Waals surface area contributed by atoms with Gasteiger partial charge in [0.2, 0.25) is 0 Å². The van der Waals surface area contributed by atoms with E-state index in [0.29, 0.717) is 18.7 Å². The summed E-state index contributed by atoms with van der Waals surface area (Å²) >= 11 is 0. The highest BCUT2D eigenvalue weighted by atomic mass is 16.5. The molecule has 0 bridgehead atoms. The summed E-state index contributed by atoms with van der Waals surface area (Å²) in [6, 6.07) is 9.74. The Balaban J connectivity index is 2.52. The van der Waals surface area contributed by atoms with Crippen molar-refractivity contribution in [3.8, 4) is 0 Å². The third-order valence-electron chi connectivity index (χ3n) is 1.75. The molecule has 0 spiro atoms. The van der Waals surface area contributed by atoms with Crippen molar-refractivity contribution in [1.82, 2.24) is 4.90 Å². The highest BCUT2D eigenvalue weighted by Gasteiger charge is 1.97. The molecule has 3 nitrogen and oxygen atoms in total. The second-order valence-electron chi connectivity index (χ2n) is 3.39. The Bertz CT molecular complexity index is 331. The molecule has 1 aromatic rings. The third-order valence-corrected chi connectivity index (χ3v) is 1.75. The lowest BCUT2D eigenvalue weighted by Crippen LogP contribution is -2.05. The topological polar surface area (TPSA) is 29.5 Å². The zero-order chi connectivity index (χ0) is 11.1. The van der Waals surface area contributed by atoms with Crippen LogP contribution in [0.4, 0.5) is 0 Å². The van der Waals surface area contributed by atoms with Gasteiger partial charge in [0.1, 0.15) is 6.61 Å². The second kappa shape index (κ2) is 5.86. The van der Waals surface area contributed by atoms with E-state index in [-0.39, 0.29) is 0 Å². The van der Waals surface area contributed by atoms with Crippen LogP contribution in [-0.2, 0) is 16.1 Å². The zero-order valence-electron chi connectivity index (χ0n) is 9.01. The number of hydrogen-bond acceptors (Lipinski definition) is 3. The normalized spacial score (nSPS) is 10.9. The minimum Gasteiger partial charge on any atom is -0.484 e. The molecule has 0 saturated carbocycles. The lowest BCUT2D eigenvalue weighted by atomic mass is 10.2. The molecular formula is C12H15NO2. The van der Waals surface area contributed by atoms with Crippen molar-refractivity contribution >= 4 is 6.29 Å². The number of rotatable bonds is 5. The molecule has 0 unspecified atom stereocenters. The van der Waals surface area contributed by atoms with Gasteiger partial charge in [-0.3, -0.25) is 4.79 Å². The van der Waals surface area contributed by atoms with Crippen LogP contribution in [0.5, 0.6) is 0 Å². The largest absolute Gasteiger partial charge is 0.484 e. The van der Waals surface area contributed by atoms with Crippen LogP contribution in [0.25, 0.3) is 0 Å². The van der Waals surface area contributed by atoms with E-state index in [9.17, 15) is 4.79 Å². The highest BCUT2D eigenvalue weighted by molar-refractivity contribution is 5.69. The first-order valence-electron chi connectivity index (χ1n) is 4.72. The standard InChI is InChI=1S/C12H15NO2/c1-13(2)8-12(9-14)15-10-11-6-4-3-5-7-11/h3-9H,10H2,1-2H3/b12-8+. The Kier molecular flexibility index (Phi) is 4.41. The van der Waals surface area contributed by atoms with Gasteiger partial charge in [-0.05, 0) is 5.56 Å². The molecular weight excluding hydrogens is 190 g/mol. The van der Waals surface area contributed by atoms with Gasteiger partial charge >= 0.3 is 0 Å². The summed E-state index contributed by atoms with van der Waals surface area (Å²) < 4.78 is 5.34. The quantitative estimate of drug-likeness (QED) is 0.417. The predicted molar refractivity (Wildman–Crippen MR) is 59.1 cm³/mol. The number of allylic oxidation sites excluding steroid dienone is 1. The fraction of sp³-hybridized carbons (Fsp3) is 0.250. The van der Waals surface area contributed by atoms with Gasteiger partial charge in [0.15, 0.2) is 12.0 Å². The molecule has 0 saturated heterocycles. The molecule has 0 heterocycles. The number of hydrogen-bond donors (Lipinski definition) is 0. The average molecular weight is 205 g/mol. The summed E-state index contributed by atoms with van der Waals surface area (Å²) in [4.78, 5) is 12.4. The van der Waals surface area contributed by atoms with Crippen molar-refractivity contribution in [1.29, 1.82) is 0 Å². The molecule has 1 rings (SSSR count). The molecule has 0 N–H and O–H groups in total. The molecule has 0 atom stereocenters. The number of ether oxygens (including phenoxy) is 1. The van der Waals surface area contributed by atoms with Gasteiger partial charge in [0.05, 0.1) is 0 Å². The zero-order valence-corrected chi connectivity index (χ0v) is 9.01. The Hall–Kier alpha value is -1.77. The fourth-order valence-electron chi connectivity index (χ4n) is 1.10. The van der Waals surface area contributed by atoms with Gasteiger partial charge in [0, 0.05) is 20.3 Å². The van der Waals surface area contributed by atoms with E-state index in [1.165, 1.54) is 0 Å². The number of carbonyl (C=O) groups excluding carboxylic acids is 1. The molecule has 0 radical (unpaired) electrons. The summed E-state index contributed by atoms with van der Waals surface area (Å²) in [5.41, 5.74) is 1.05. The maximum atomic E-state index is 10.6. The summed E-state index contributed by atoms with van der Waals surface area (Å²) in [5.74, 6) is 0.337. The van der Waals surface area contributed by atoms with E-state index in [1.807, 2.05) is 44.4 Å². The first kappa shape index (κ1) is 11.3. The van der Waals surface area contributed by atoms with E-state index in [1.54, 1.807) is 11.1 Å². The summed E-state index contributed by atoms with van der Waals surface area (Å²) in [6.07, 6.45) is 2.36. The lowest BCUT2D eigenvalue weighted by Gasteiger charge is -2.09. The van der Waals surface area contributed by atoms with Gasteiger partial charge in [-0.25, -0.2) is 0 Å². The number of nitrogens with zero attached hydrogens (tertiary/aromatic N) is 1. The lowest BCUT2D eigenvalue weighted by molar-refractivity contribution is -0.108. The molecule has 0 aliphatic rings. The number of aldehydes is 1. The molecule has 0 aromatic heterocycles. The van der Waals surface area contributed by atoms with Crippen LogP contribution in [0.15, 0.2) is 42.3 Å². The number of carbonyl (C=O) groups is 1. The maximum absolute atomic E-state index is 10.6. The minimum atomic E-state index is 0.337. The first-order chi connectivity index (χ1) is 7.22. The predicted octanol–water partition coefficient (Wildman–Crippen LogP) is 1.81. The van der Waals surface area contributed by atoms with E-state index < -0.39 is 0 Å². The van der Waals surface area contributed by atoms with Crippen LogP contribution in [-0.4, -0.2) is 25.3 Å². The van der Waals surface area contributed by atoms with Crippen molar-refractivity contribution in [3.63, 3.8) is 0 Å². The van der Waals surface area contributed by atoms with E-state index in [0.717, 1.165) is 5.56 Å². The van der Waals surface area contributed by atoms with Crippen LogP contribution in [0, 0.1) is 0 Å². The summed E-state index contributed by atoms with van der Waals surface area (Å²) in [6.45, 7) is 0.416. The van der Waals surface area contributed by atoms with Gasteiger partial charge in [-0.1, -0.05) is 30.3 Å². The van der Waals surface area contributed by atoms with E-state index in [4.69, 9.17) is 4.74 Å². The Morgan fingerprint density at radius 3 is 2.53 bits per heavy atom. The van der Waals surface area contributed by atoms with Gasteiger partial charge < -0.3 is 9.64 Å². The van der Waals surface area contributed by atoms with Gasteiger partial charge in [0.25, 0.3) is 0 Å². The average Bonchev–Trinajstić information content (AvgIpc) is 2.25. The maximum Gasteiger partial charge on any atom is 0.186 e. The Morgan fingerprint density at radius 2 is 2.00 bits per heavy atom. The summed E-state index contributed by atoms with van der Waals surface area (Å²) in [5, 5.41) is 0. The van der Waals surface area contributed by atoms with Crippen LogP contribution in [0.1, 0.15) is 5.56 Å². The second-order valence-corrected chi connectivity index (χ2v) is 3.39. The molecule has 15 heavy (non-hydrogen) atoms. The Labute approximate surface area is 90.0 Å². The molecule has 80 valence electrons. The Morgan fingerprint density at radius 1 is 1.33 bits per heavy atom. The fourth-order valence-corrected chi connectivity index (χ4v) is 1.10. The molecule has 3 heteroatoms. The third kappa shape index (κ3) is 4.31. The van der Waals surface area contributed by atoms with Crippen molar-refractivity contribution in [2.75, 3.05) is 14.1 Å². The molecule has 0 aliphatic carbocycles. The van der Waals surface area contributed by atoms with Crippen molar-refractivity contribution in [2.45, 2.75) is 6.61 Å². The van der Waals surface area contributed by atoms with Crippen molar-refractivity contribution in [2.24, 2.45) is 0 Å². The van der Waals surface area contributed by atoms with Crippen LogP contribution >= 0.6 is 0 Å². The van der Waals surface area contributed by atoms with E-state index >= 15 is 0 Å². The summed E-state index contributed by atoms with van der Waals surface area (Å²) in [7, 11) is 3.69. The smallest absolute Gasteiger partial charge is 0.186 e. The van der Waals surface area contributed by atoms with Crippen LogP contribution in [0.2, 0.25) is 0 Å². The number of benzene rings is 1. The van der Waals surface area contributed by atoms with Gasteiger partial charge in [-0.2, -0.15) is 0 Å². The van der Waals surface area contributed by atoms with Crippen molar-refractivity contribution < 1.29 is 9.53 Å². The van der Waals surface area contributed by atoms with Crippen LogP contribution < -0.4 is 0 Å². The minimum absolute atomic E-state index is 0.337. The molecule has 0 aliphatic heterocycles. The molecule has 0 fully saturated rings. The highest BCUT2D eigenvalue weighted by Crippen LogP contribution is 2.04.